The summed E-state index contributed by atoms with van der Waals surface area (Å²) in [6, 6.07) is 1.79. The summed E-state index contributed by atoms with van der Waals surface area (Å²) < 4.78 is 6.29. The topological polar surface area (TPSA) is 101 Å². The summed E-state index contributed by atoms with van der Waals surface area (Å²) >= 11 is 0. The number of hydrogen-bond donors (Lipinski definition) is 2. The number of carbonyl (C=O) groups is 2. The van der Waals surface area contributed by atoms with Crippen molar-refractivity contribution in [3.63, 3.8) is 0 Å². The molecular formula is C15H20N6O3. The minimum Gasteiger partial charge on any atom is -0.464 e. The van der Waals surface area contributed by atoms with E-state index in [1.165, 1.54) is 13.3 Å². The SMILES string of the molecule is COC(=O)c1cnc2nc(NCCCN3CCNC(=O)C3)ccn12. The van der Waals surface area contributed by atoms with Crippen LogP contribution >= 0.6 is 0 Å². The monoisotopic (exact) mass is 332 g/mol. The third-order valence-electron chi connectivity index (χ3n) is 3.85. The number of carbonyl (C=O) groups excluding carboxylic acids is 2. The van der Waals surface area contributed by atoms with Crippen LogP contribution in [0.3, 0.4) is 0 Å². The van der Waals surface area contributed by atoms with E-state index >= 15 is 0 Å². The number of fused-ring (bicyclic) bond motifs is 1. The van der Waals surface area contributed by atoms with Crippen LogP contribution in [0.1, 0.15) is 16.9 Å². The van der Waals surface area contributed by atoms with Gasteiger partial charge < -0.3 is 15.4 Å². The summed E-state index contributed by atoms with van der Waals surface area (Å²) in [4.78, 5) is 33.5. The molecule has 0 atom stereocenters. The van der Waals surface area contributed by atoms with Gasteiger partial charge in [0.1, 0.15) is 5.82 Å². The molecule has 1 saturated heterocycles. The van der Waals surface area contributed by atoms with Crippen molar-refractivity contribution in [2.45, 2.75) is 6.42 Å². The molecule has 2 N–H and O–H groups in total. The second-order valence-electron chi connectivity index (χ2n) is 5.52. The van der Waals surface area contributed by atoms with E-state index in [0.717, 1.165) is 26.1 Å². The normalized spacial score (nSPS) is 15.3. The predicted molar refractivity (Wildman–Crippen MR) is 86.9 cm³/mol. The Balaban J connectivity index is 1.52. The number of nitrogens with one attached hydrogen (secondary N) is 2. The highest BCUT2D eigenvalue weighted by atomic mass is 16.5. The van der Waals surface area contributed by atoms with Crippen LogP contribution in [0.5, 0.6) is 0 Å². The molecule has 1 aliphatic rings. The number of hydrogen-bond acceptors (Lipinski definition) is 7. The molecule has 2 aromatic heterocycles. The molecule has 0 radical (unpaired) electrons. The van der Waals surface area contributed by atoms with Gasteiger partial charge in [0.25, 0.3) is 0 Å². The Labute approximate surface area is 139 Å². The molecule has 0 bridgehead atoms. The Morgan fingerprint density at radius 1 is 1.50 bits per heavy atom. The van der Waals surface area contributed by atoms with Gasteiger partial charge in [-0.3, -0.25) is 14.1 Å². The number of rotatable bonds is 6. The number of imidazole rings is 1. The Hall–Kier alpha value is -2.68. The first kappa shape index (κ1) is 16.2. The lowest BCUT2D eigenvalue weighted by molar-refractivity contribution is -0.124. The second kappa shape index (κ2) is 7.26. The van der Waals surface area contributed by atoms with Crippen molar-refractivity contribution in [1.82, 2.24) is 24.6 Å². The van der Waals surface area contributed by atoms with E-state index in [-0.39, 0.29) is 5.91 Å². The van der Waals surface area contributed by atoms with Crippen molar-refractivity contribution in [3.05, 3.63) is 24.2 Å². The van der Waals surface area contributed by atoms with Gasteiger partial charge in [0.05, 0.1) is 19.9 Å². The van der Waals surface area contributed by atoms with E-state index in [9.17, 15) is 9.59 Å². The molecular weight excluding hydrogens is 312 g/mol. The number of ether oxygens (including phenoxy) is 1. The van der Waals surface area contributed by atoms with Gasteiger partial charge in [-0.05, 0) is 12.5 Å². The summed E-state index contributed by atoms with van der Waals surface area (Å²) in [5.41, 5.74) is 0.343. The molecule has 0 aliphatic carbocycles. The first-order valence-corrected chi connectivity index (χ1v) is 7.83. The number of methoxy groups -OCH3 is 1. The molecule has 3 heterocycles. The average Bonchev–Trinajstić information content (AvgIpc) is 3.01. The number of amides is 1. The lowest BCUT2D eigenvalue weighted by Gasteiger charge is -2.26. The minimum absolute atomic E-state index is 0.0852. The molecule has 0 saturated carbocycles. The average molecular weight is 332 g/mol. The van der Waals surface area contributed by atoms with Gasteiger partial charge in [-0.15, -0.1) is 0 Å². The van der Waals surface area contributed by atoms with E-state index in [2.05, 4.69) is 25.5 Å². The second-order valence-corrected chi connectivity index (χ2v) is 5.52. The van der Waals surface area contributed by atoms with Gasteiger partial charge in [-0.25, -0.2) is 9.78 Å². The number of anilines is 1. The molecule has 0 aromatic carbocycles. The van der Waals surface area contributed by atoms with Crippen molar-refractivity contribution in [2.75, 3.05) is 45.2 Å². The van der Waals surface area contributed by atoms with Crippen LogP contribution in [0.25, 0.3) is 5.78 Å². The maximum atomic E-state index is 11.6. The third-order valence-corrected chi connectivity index (χ3v) is 3.85. The molecule has 128 valence electrons. The fraction of sp³-hybridized carbons (Fsp3) is 0.467. The largest absolute Gasteiger partial charge is 0.464 e. The van der Waals surface area contributed by atoms with Crippen LogP contribution in [0.4, 0.5) is 5.82 Å². The lowest BCUT2D eigenvalue weighted by Crippen LogP contribution is -2.47. The molecule has 9 heteroatoms. The molecule has 24 heavy (non-hydrogen) atoms. The van der Waals surface area contributed by atoms with E-state index in [1.54, 1.807) is 16.7 Å². The molecule has 9 nitrogen and oxygen atoms in total. The van der Waals surface area contributed by atoms with E-state index in [0.29, 0.717) is 30.4 Å². The van der Waals surface area contributed by atoms with Crippen molar-refractivity contribution >= 4 is 23.5 Å². The Morgan fingerprint density at radius 2 is 2.38 bits per heavy atom. The number of piperazine rings is 1. The molecule has 2 aromatic rings. The maximum absolute atomic E-state index is 11.6. The van der Waals surface area contributed by atoms with Gasteiger partial charge in [-0.1, -0.05) is 0 Å². The van der Waals surface area contributed by atoms with Crippen molar-refractivity contribution in [2.24, 2.45) is 0 Å². The van der Waals surface area contributed by atoms with Gasteiger partial charge in [0.15, 0.2) is 5.69 Å². The molecule has 3 rings (SSSR count). The summed E-state index contributed by atoms with van der Waals surface area (Å²) in [5, 5.41) is 6.04. The molecule has 0 unspecified atom stereocenters. The first-order chi connectivity index (χ1) is 11.7. The van der Waals surface area contributed by atoms with Crippen molar-refractivity contribution < 1.29 is 14.3 Å². The quantitative estimate of drug-likeness (QED) is 0.556. The van der Waals surface area contributed by atoms with Crippen LogP contribution in [-0.4, -0.2) is 71.0 Å². The van der Waals surface area contributed by atoms with Crippen LogP contribution < -0.4 is 10.6 Å². The van der Waals surface area contributed by atoms with Gasteiger partial charge in [0, 0.05) is 32.4 Å². The number of esters is 1. The van der Waals surface area contributed by atoms with Crippen LogP contribution in [0.2, 0.25) is 0 Å². The maximum Gasteiger partial charge on any atom is 0.356 e. The summed E-state index contributed by atoms with van der Waals surface area (Å²) in [6.45, 7) is 3.67. The fourth-order valence-electron chi connectivity index (χ4n) is 2.63. The van der Waals surface area contributed by atoms with Gasteiger partial charge >= 0.3 is 5.97 Å². The summed E-state index contributed by atoms with van der Waals surface area (Å²) in [6.07, 6.45) is 4.08. The lowest BCUT2D eigenvalue weighted by atomic mass is 10.3. The van der Waals surface area contributed by atoms with E-state index in [4.69, 9.17) is 4.74 Å². The first-order valence-electron chi connectivity index (χ1n) is 7.83. The van der Waals surface area contributed by atoms with Crippen LogP contribution in [0, 0.1) is 0 Å². The zero-order valence-electron chi connectivity index (χ0n) is 13.5. The molecule has 1 aliphatic heterocycles. The smallest absolute Gasteiger partial charge is 0.356 e. The Bertz CT molecular complexity index is 744. The summed E-state index contributed by atoms with van der Waals surface area (Å²) in [5.74, 6) is 0.770. The van der Waals surface area contributed by atoms with Crippen molar-refractivity contribution in [3.8, 4) is 0 Å². The zero-order valence-corrected chi connectivity index (χ0v) is 13.5. The predicted octanol–water partition coefficient (Wildman–Crippen LogP) is -0.250. The Kier molecular flexibility index (Phi) is 4.90. The van der Waals surface area contributed by atoms with Crippen LogP contribution in [0.15, 0.2) is 18.5 Å². The molecule has 1 amide bonds. The molecule has 0 spiro atoms. The number of nitrogens with zero attached hydrogens (tertiary/aromatic N) is 4. The fourth-order valence-corrected chi connectivity index (χ4v) is 2.63. The molecule has 1 fully saturated rings. The zero-order chi connectivity index (χ0) is 16.9. The van der Waals surface area contributed by atoms with E-state index in [1.807, 2.05) is 0 Å². The Morgan fingerprint density at radius 3 is 3.17 bits per heavy atom. The third kappa shape index (κ3) is 3.62. The highest BCUT2D eigenvalue weighted by molar-refractivity contribution is 5.88. The number of aromatic nitrogens is 3. The highest BCUT2D eigenvalue weighted by Gasteiger charge is 2.15. The van der Waals surface area contributed by atoms with E-state index < -0.39 is 5.97 Å². The van der Waals surface area contributed by atoms with Gasteiger partial charge in [0.2, 0.25) is 11.7 Å². The van der Waals surface area contributed by atoms with Crippen LogP contribution in [-0.2, 0) is 9.53 Å². The van der Waals surface area contributed by atoms with Crippen molar-refractivity contribution in [1.29, 1.82) is 0 Å². The van der Waals surface area contributed by atoms with Gasteiger partial charge in [-0.2, -0.15) is 4.98 Å². The highest BCUT2D eigenvalue weighted by Crippen LogP contribution is 2.10. The summed E-state index contributed by atoms with van der Waals surface area (Å²) in [7, 11) is 1.33. The standard InChI is InChI=1S/C15H20N6O3/c1-24-14(23)11-9-18-15-19-12(3-7-21(11)15)16-4-2-6-20-8-5-17-13(22)10-20/h3,7,9H,2,4-6,8,10H2,1H3,(H,17,22)(H,16,18,19). The minimum atomic E-state index is -0.449.